The van der Waals surface area contributed by atoms with E-state index in [2.05, 4.69) is 9.97 Å². The fraction of sp³-hybridized carbons (Fsp3) is 0. The maximum Gasteiger partial charge on any atom is 0.213 e. The van der Waals surface area contributed by atoms with Crippen molar-refractivity contribution in [1.82, 2.24) is 14.5 Å². The molecule has 0 radical (unpaired) electrons. The number of ketones is 1. The molecule has 0 bridgehead atoms. The van der Waals surface area contributed by atoms with Gasteiger partial charge in [-0.2, -0.15) is 0 Å². The van der Waals surface area contributed by atoms with Gasteiger partial charge >= 0.3 is 0 Å². The van der Waals surface area contributed by atoms with Gasteiger partial charge in [0.2, 0.25) is 11.7 Å². The molecular weight excluding hydrogens is 252 g/mol. The molecule has 5 heteroatoms. The van der Waals surface area contributed by atoms with Crippen LogP contribution in [0.1, 0.15) is 16.1 Å². The first-order valence-electron chi connectivity index (χ1n) is 6.11. The van der Waals surface area contributed by atoms with Crippen LogP contribution in [0.2, 0.25) is 0 Å². The van der Waals surface area contributed by atoms with Crippen molar-refractivity contribution in [3.8, 4) is 5.69 Å². The number of rotatable bonds is 3. The van der Waals surface area contributed by atoms with E-state index in [1.54, 1.807) is 47.4 Å². The summed E-state index contributed by atoms with van der Waals surface area (Å²) in [5.74, 6) is 0.195. The Kier molecular flexibility index (Phi) is 3.01. The molecule has 0 aliphatic carbocycles. The number of nitrogens with two attached hydrogens (primary N) is 1. The maximum atomic E-state index is 12.5. The summed E-state index contributed by atoms with van der Waals surface area (Å²) in [6, 6.07) is 12.5. The number of hydrogen-bond acceptors (Lipinski definition) is 4. The number of benzene rings is 1. The summed E-state index contributed by atoms with van der Waals surface area (Å²) in [6.45, 7) is 0. The molecule has 0 saturated carbocycles. The van der Waals surface area contributed by atoms with E-state index in [9.17, 15) is 4.79 Å². The van der Waals surface area contributed by atoms with Crippen LogP contribution >= 0.6 is 0 Å². The highest BCUT2D eigenvalue weighted by atomic mass is 16.1. The number of nitrogen functional groups attached to an aromatic ring is 1. The molecule has 0 spiro atoms. The molecule has 5 nitrogen and oxygen atoms in total. The summed E-state index contributed by atoms with van der Waals surface area (Å²) in [5, 5.41) is 0. The summed E-state index contributed by atoms with van der Waals surface area (Å²) in [5.41, 5.74) is 7.44. The Morgan fingerprint density at radius 3 is 2.50 bits per heavy atom. The first kappa shape index (κ1) is 12.1. The van der Waals surface area contributed by atoms with Crippen LogP contribution in [-0.2, 0) is 0 Å². The third kappa shape index (κ3) is 2.05. The van der Waals surface area contributed by atoms with Gasteiger partial charge in [0.05, 0.1) is 5.69 Å². The van der Waals surface area contributed by atoms with Gasteiger partial charge in [-0.3, -0.25) is 14.3 Å². The fourth-order valence-electron chi connectivity index (χ4n) is 2.03. The van der Waals surface area contributed by atoms with E-state index in [0.717, 1.165) is 0 Å². The third-order valence-corrected chi connectivity index (χ3v) is 2.98. The number of pyridine rings is 1. The molecule has 1 aromatic carbocycles. The molecule has 0 atom stereocenters. The van der Waals surface area contributed by atoms with Crippen molar-refractivity contribution in [1.29, 1.82) is 0 Å². The van der Waals surface area contributed by atoms with Crippen LogP contribution in [0.4, 0.5) is 5.95 Å². The van der Waals surface area contributed by atoms with Gasteiger partial charge < -0.3 is 5.73 Å². The Bertz CT molecular complexity index is 749. The van der Waals surface area contributed by atoms with Crippen LogP contribution in [-0.4, -0.2) is 20.3 Å². The van der Waals surface area contributed by atoms with Crippen LogP contribution < -0.4 is 5.73 Å². The molecule has 98 valence electrons. The quantitative estimate of drug-likeness (QED) is 0.735. The first-order chi connectivity index (χ1) is 9.77. The maximum absolute atomic E-state index is 12.5. The van der Waals surface area contributed by atoms with Crippen LogP contribution in [0.25, 0.3) is 5.69 Å². The molecule has 0 saturated heterocycles. The second kappa shape index (κ2) is 4.97. The Morgan fingerprint density at radius 1 is 1.00 bits per heavy atom. The highest BCUT2D eigenvalue weighted by molar-refractivity contribution is 6.10. The zero-order chi connectivity index (χ0) is 13.9. The lowest BCUT2D eigenvalue weighted by Crippen LogP contribution is -2.10. The van der Waals surface area contributed by atoms with Crippen molar-refractivity contribution < 1.29 is 4.79 Å². The molecule has 0 aliphatic heterocycles. The largest absolute Gasteiger partial charge is 0.369 e. The molecule has 20 heavy (non-hydrogen) atoms. The van der Waals surface area contributed by atoms with E-state index in [4.69, 9.17) is 5.73 Å². The van der Waals surface area contributed by atoms with Gasteiger partial charge in [0.25, 0.3) is 0 Å². The van der Waals surface area contributed by atoms with E-state index >= 15 is 0 Å². The third-order valence-electron chi connectivity index (χ3n) is 2.98. The predicted molar refractivity (Wildman–Crippen MR) is 75.6 cm³/mol. The molecule has 3 rings (SSSR count). The molecule has 0 amide bonds. The highest BCUT2D eigenvalue weighted by Gasteiger charge is 2.16. The van der Waals surface area contributed by atoms with E-state index in [1.807, 2.05) is 18.2 Å². The molecule has 2 N–H and O–H groups in total. The molecule has 0 aliphatic rings. The van der Waals surface area contributed by atoms with Gasteiger partial charge in [0, 0.05) is 24.2 Å². The van der Waals surface area contributed by atoms with Crippen molar-refractivity contribution in [3.63, 3.8) is 0 Å². The van der Waals surface area contributed by atoms with E-state index in [1.165, 1.54) is 0 Å². The van der Waals surface area contributed by atoms with Gasteiger partial charge in [-0.25, -0.2) is 4.98 Å². The Balaban J connectivity index is 2.12. The number of hydrogen-bond donors (Lipinski definition) is 1. The van der Waals surface area contributed by atoms with Crippen LogP contribution in [0, 0.1) is 0 Å². The summed E-state index contributed by atoms with van der Waals surface area (Å²) in [4.78, 5) is 20.6. The van der Waals surface area contributed by atoms with Gasteiger partial charge in [-0.15, -0.1) is 0 Å². The Hall–Kier alpha value is -2.95. The minimum Gasteiger partial charge on any atom is -0.369 e. The highest BCUT2D eigenvalue weighted by Crippen LogP contribution is 2.19. The minimum absolute atomic E-state index is 0.144. The van der Waals surface area contributed by atoms with E-state index < -0.39 is 0 Å². The molecule has 3 aromatic rings. The lowest BCUT2D eigenvalue weighted by molar-refractivity contribution is 0.103. The molecule has 0 fully saturated rings. The SMILES string of the molecule is Nc1nccn1-c1ccccc1C(=O)c1ccccn1. The smallest absolute Gasteiger partial charge is 0.213 e. The topological polar surface area (TPSA) is 73.8 Å². The monoisotopic (exact) mass is 264 g/mol. The number of carbonyl (C=O) groups is 1. The number of anilines is 1. The van der Waals surface area contributed by atoms with E-state index in [-0.39, 0.29) is 5.78 Å². The number of carbonyl (C=O) groups excluding carboxylic acids is 1. The normalized spacial score (nSPS) is 10.4. The zero-order valence-corrected chi connectivity index (χ0v) is 10.6. The molecule has 2 aromatic heterocycles. The molecule has 0 unspecified atom stereocenters. The zero-order valence-electron chi connectivity index (χ0n) is 10.6. The van der Waals surface area contributed by atoms with Gasteiger partial charge in [-0.1, -0.05) is 18.2 Å². The minimum atomic E-state index is -0.144. The van der Waals surface area contributed by atoms with Gasteiger partial charge in [0.1, 0.15) is 5.69 Å². The average Bonchev–Trinajstić information content (AvgIpc) is 2.93. The van der Waals surface area contributed by atoms with Crippen molar-refractivity contribution in [2.75, 3.05) is 5.73 Å². The van der Waals surface area contributed by atoms with Gasteiger partial charge in [0.15, 0.2) is 0 Å². The number of para-hydroxylation sites is 1. The lowest BCUT2D eigenvalue weighted by atomic mass is 10.1. The molecule has 2 heterocycles. The first-order valence-corrected chi connectivity index (χ1v) is 6.11. The summed E-state index contributed by atoms with van der Waals surface area (Å²) >= 11 is 0. The second-order valence-corrected chi connectivity index (χ2v) is 4.22. The van der Waals surface area contributed by atoms with Crippen molar-refractivity contribution >= 4 is 11.7 Å². The van der Waals surface area contributed by atoms with Crippen LogP contribution in [0.5, 0.6) is 0 Å². The van der Waals surface area contributed by atoms with Gasteiger partial charge in [-0.05, 0) is 24.3 Å². The number of imidazole rings is 1. The summed E-state index contributed by atoms with van der Waals surface area (Å²) in [6.07, 6.45) is 4.92. The molecular formula is C15H12N4O. The van der Waals surface area contributed by atoms with Crippen LogP contribution in [0.3, 0.4) is 0 Å². The van der Waals surface area contributed by atoms with Crippen molar-refractivity contribution in [2.24, 2.45) is 0 Å². The van der Waals surface area contributed by atoms with Crippen molar-refractivity contribution in [3.05, 3.63) is 72.3 Å². The Morgan fingerprint density at radius 2 is 1.80 bits per heavy atom. The Labute approximate surface area is 115 Å². The lowest BCUT2D eigenvalue weighted by Gasteiger charge is -2.10. The van der Waals surface area contributed by atoms with E-state index in [0.29, 0.717) is 22.9 Å². The number of aromatic nitrogens is 3. The average molecular weight is 264 g/mol. The summed E-state index contributed by atoms with van der Waals surface area (Å²) in [7, 11) is 0. The van der Waals surface area contributed by atoms with Crippen molar-refractivity contribution in [2.45, 2.75) is 0 Å². The number of nitrogens with zero attached hydrogens (tertiary/aromatic N) is 3. The fourth-order valence-corrected chi connectivity index (χ4v) is 2.03. The standard InChI is InChI=1S/C15H12N4O/c16-15-18-9-10-19(15)13-7-2-1-5-11(13)14(20)12-6-3-4-8-17-12/h1-10H,(H2,16,18). The van der Waals surface area contributed by atoms with Crippen LogP contribution in [0.15, 0.2) is 61.1 Å². The predicted octanol–water partition coefficient (Wildman–Crippen LogP) is 2.08. The second-order valence-electron chi connectivity index (χ2n) is 4.22. The summed E-state index contributed by atoms with van der Waals surface area (Å²) < 4.78 is 1.68.